The third-order valence-electron chi connectivity index (χ3n) is 15.6. The fourth-order valence-corrected chi connectivity index (χ4v) is 10.4. The minimum Gasteiger partial charge on any atom is -0.462 e. The molecular weight excluding hydrogens is 961 g/mol. The van der Waals surface area contributed by atoms with Gasteiger partial charge in [0.1, 0.15) is 13.2 Å². The lowest BCUT2D eigenvalue weighted by Crippen LogP contribution is -2.30. The molecule has 0 aliphatic rings. The number of esters is 3. The minimum absolute atomic E-state index is 0.0654. The Labute approximate surface area is 486 Å². The normalized spacial score (nSPS) is 12.3. The van der Waals surface area contributed by atoms with Crippen LogP contribution >= 0.6 is 0 Å². The molecule has 0 N–H and O–H groups in total. The van der Waals surface area contributed by atoms with E-state index in [0.29, 0.717) is 19.3 Å². The van der Waals surface area contributed by atoms with Crippen LogP contribution in [0.1, 0.15) is 374 Å². The van der Waals surface area contributed by atoms with Crippen LogP contribution in [0, 0.1) is 0 Å². The van der Waals surface area contributed by atoms with Gasteiger partial charge in [-0.3, -0.25) is 14.4 Å². The first-order valence-corrected chi connectivity index (χ1v) is 34.6. The van der Waals surface area contributed by atoms with Crippen LogP contribution in [-0.2, 0) is 28.6 Å². The predicted molar refractivity (Wildman–Crippen MR) is 339 cm³/mol. The first-order valence-electron chi connectivity index (χ1n) is 34.6. The summed E-state index contributed by atoms with van der Waals surface area (Å²) >= 11 is 0. The van der Waals surface area contributed by atoms with E-state index in [4.69, 9.17) is 14.2 Å². The Hall–Kier alpha value is -2.63. The second kappa shape index (κ2) is 66.9. The van der Waals surface area contributed by atoms with Crippen LogP contribution in [0.15, 0.2) is 48.6 Å². The second-order valence-corrected chi connectivity index (χ2v) is 23.4. The highest BCUT2D eigenvalue weighted by atomic mass is 16.6. The molecule has 0 aromatic rings. The Morgan fingerprint density at radius 3 is 0.782 bits per heavy atom. The molecule has 0 aliphatic heterocycles. The van der Waals surface area contributed by atoms with Gasteiger partial charge in [-0.2, -0.15) is 0 Å². The molecule has 1 unspecified atom stereocenters. The fourth-order valence-electron chi connectivity index (χ4n) is 10.4. The van der Waals surface area contributed by atoms with E-state index in [9.17, 15) is 14.4 Å². The summed E-state index contributed by atoms with van der Waals surface area (Å²) in [5.74, 6) is -0.839. The van der Waals surface area contributed by atoms with Crippen LogP contribution in [0.2, 0.25) is 0 Å². The molecule has 6 nitrogen and oxygen atoms in total. The van der Waals surface area contributed by atoms with Gasteiger partial charge in [0, 0.05) is 19.3 Å². The van der Waals surface area contributed by atoms with Crippen molar-refractivity contribution in [3.8, 4) is 0 Å². The van der Waals surface area contributed by atoms with Gasteiger partial charge >= 0.3 is 17.9 Å². The second-order valence-electron chi connectivity index (χ2n) is 23.4. The van der Waals surface area contributed by atoms with Gasteiger partial charge in [0.2, 0.25) is 0 Å². The van der Waals surface area contributed by atoms with Crippen molar-refractivity contribution in [2.45, 2.75) is 380 Å². The molecule has 0 fully saturated rings. The monoisotopic (exact) mass is 1090 g/mol. The van der Waals surface area contributed by atoms with E-state index in [2.05, 4.69) is 69.4 Å². The van der Waals surface area contributed by atoms with Gasteiger partial charge in [0.25, 0.3) is 0 Å². The average molecular weight is 1090 g/mol. The lowest BCUT2D eigenvalue weighted by Gasteiger charge is -2.18. The molecule has 1 atom stereocenters. The van der Waals surface area contributed by atoms with Crippen molar-refractivity contribution in [1.29, 1.82) is 0 Å². The number of carbonyl (C=O) groups is 3. The van der Waals surface area contributed by atoms with Gasteiger partial charge in [0.15, 0.2) is 6.10 Å². The van der Waals surface area contributed by atoms with Gasteiger partial charge in [-0.05, 0) is 57.8 Å². The smallest absolute Gasteiger partial charge is 0.306 e. The number of rotatable bonds is 64. The first-order chi connectivity index (χ1) is 38.5. The molecule has 6 heteroatoms. The summed E-state index contributed by atoms with van der Waals surface area (Å²) in [6.07, 6.45) is 84.4. The summed E-state index contributed by atoms with van der Waals surface area (Å²) in [7, 11) is 0. The topological polar surface area (TPSA) is 78.9 Å². The van der Waals surface area contributed by atoms with Gasteiger partial charge in [-0.25, -0.2) is 0 Å². The third-order valence-corrected chi connectivity index (χ3v) is 15.6. The summed E-state index contributed by atoms with van der Waals surface area (Å²) in [6, 6.07) is 0. The van der Waals surface area contributed by atoms with Gasteiger partial charge in [0.05, 0.1) is 0 Å². The predicted octanol–water partition coefficient (Wildman–Crippen LogP) is 23.7. The lowest BCUT2D eigenvalue weighted by molar-refractivity contribution is -0.167. The summed E-state index contributed by atoms with van der Waals surface area (Å²) in [5.41, 5.74) is 0. The molecule has 0 rings (SSSR count). The van der Waals surface area contributed by atoms with Crippen molar-refractivity contribution in [2.24, 2.45) is 0 Å². The van der Waals surface area contributed by atoms with E-state index >= 15 is 0 Å². The maximum atomic E-state index is 12.9. The van der Waals surface area contributed by atoms with E-state index < -0.39 is 6.10 Å². The largest absolute Gasteiger partial charge is 0.462 e. The van der Waals surface area contributed by atoms with Crippen molar-refractivity contribution in [2.75, 3.05) is 13.2 Å². The van der Waals surface area contributed by atoms with E-state index in [1.807, 2.05) is 0 Å². The number of hydrogen-bond donors (Lipinski definition) is 0. The summed E-state index contributed by atoms with van der Waals surface area (Å²) in [5, 5.41) is 0. The summed E-state index contributed by atoms with van der Waals surface area (Å²) < 4.78 is 16.9. The zero-order chi connectivity index (χ0) is 56.4. The SMILES string of the molecule is CC/C=C\C/C=C\C/C=C\C/C=C\CCCCCCCCCCCCCCCCCCCCC(=O)OCC(COC(=O)CCCCCCCCCCCC)OC(=O)CCCCCCCCCCCCCCCCCCCCC. The van der Waals surface area contributed by atoms with E-state index in [-0.39, 0.29) is 31.1 Å². The average Bonchev–Trinajstić information content (AvgIpc) is 3.44. The number of carbonyl (C=O) groups excluding carboxylic acids is 3. The van der Waals surface area contributed by atoms with E-state index in [1.54, 1.807) is 0 Å². The molecule has 0 radical (unpaired) electrons. The third kappa shape index (κ3) is 64.2. The van der Waals surface area contributed by atoms with E-state index in [0.717, 1.165) is 83.5 Å². The highest BCUT2D eigenvalue weighted by Gasteiger charge is 2.19. The maximum absolute atomic E-state index is 12.9. The molecule has 0 aromatic carbocycles. The van der Waals surface area contributed by atoms with Crippen molar-refractivity contribution in [3.63, 3.8) is 0 Å². The van der Waals surface area contributed by atoms with Gasteiger partial charge in [-0.1, -0.05) is 345 Å². The number of hydrogen-bond acceptors (Lipinski definition) is 6. The van der Waals surface area contributed by atoms with Crippen LogP contribution in [0.25, 0.3) is 0 Å². The highest BCUT2D eigenvalue weighted by molar-refractivity contribution is 5.71. The number of unbranched alkanes of at least 4 members (excludes halogenated alkanes) is 45. The van der Waals surface area contributed by atoms with Gasteiger partial charge in [-0.15, -0.1) is 0 Å². The lowest BCUT2D eigenvalue weighted by atomic mass is 10.0. The van der Waals surface area contributed by atoms with Crippen LogP contribution in [-0.4, -0.2) is 37.2 Å². The molecule has 0 bridgehead atoms. The number of allylic oxidation sites excluding steroid dienone is 8. The van der Waals surface area contributed by atoms with Crippen LogP contribution in [0.5, 0.6) is 0 Å². The fraction of sp³-hybridized carbons (Fsp3) is 0.847. The van der Waals surface area contributed by atoms with Crippen molar-refractivity contribution in [1.82, 2.24) is 0 Å². The molecule has 456 valence electrons. The Morgan fingerprint density at radius 1 is 0.269 bits per heavy atom. The minimum atomic E-state index is -0.767. The Balaban J connectivity index is 4.09. The molecule has 0 heterocycles. The number of ether oxygens (including phenoxy) is 3. The molecule has 0 aromatic heterocycles. The van der Waals surface area contributed by atoms with Crippen LogP contribution in [0.4, 0.5) is 0 Å². The quantitative estimate of drug-likeness (QED) is 0.0261. The highest BCUT2D eigenvalue weighted by Crippen LogP contribution is 2.18. The molecule has 0 saturated heterocycles. The Morgan fingerprint density at radius 2 is 0.500 bits per heavy atom. The summed E-state index contributed by atoms with van der Waals surface area (Å²) in [6.45, 7) is 6.58. The molecule has 78 heavy (non-hydrogen) atoms. The molecule has 0 saturated carbocycles. The first kappa shape index (κ1) is 75.4. The van der Waals surface area contributed by atoms with Crippen LogP contribution < -0.4 is 0 Å². The van der Waals surface area contributed by atoms with E-state index in [1.165, 1.54) is 250 Å². The molecule has 0 spiro atoms. The van der Waals surface area contributed by atoms with Crippen LogP contribution in [0.3, 0.4) is 0 Å². The Kier molecular flexibility index (Phi) is 64.6. The van der Waals surface area contributed by atoms with Gasteiger partial charge < -0.3 is 14.2 Å². The van der Waals surface area contributed by atoms with Crippen molar-refractivity contribution in [3.05, 3.63) is 48.6 Å². The molecule has 0 aliphatic carbocycles. The standard InChI is InChI=1S/C72H132O6/c1-4-7-10-13-16-19-22-24-26-28-30-31-32-33-34-35-36-37-38-39-40-41-43-44-46-48-50-53-56-59-62-65-71(74)77-68-69(67-76-70(73)64-61-58-55-52-21-18-15-12-9-6-3)78-72(75)66-63-60-57-54-51-49-47-45-42-29-27-25-23-20-17-14-11-8-5-2/h7,10,16,19,24,26,30-31,69H,4-6,8-9,11-15,17-18,20-23,25,27-29,32-68H2,1-3H3/b10-7-,19-16-,26-24-,31-30-. The summed E-state index contributed by atoms with van der Waals surface area (Å²) in [4.78, 5) is 38.3. The zero-order valence-corrected chi connectivity index (χ0v) is 52.5. The zero-order valence-electron chi connectivity index (χ0n) is 52.5. The molecular formula is C72H132O6. The Bertz CT molecular complexity index is 1350. The van der Waals surface area contributed by atoms with Crippen molar-refractivity contribution >= 4 is 17.9 Å². The maximum Gasteiger partial charge on any atom is 0.306 e. The van der Waals surface area contributed by atoms with Crippen molar-refractivity contribution < 1.29 is 28.6 Å². The molecule has 0 amide bonds.